The summed E-state index contributed by atoms with van der Waals surface area (Å²) in [5, 5.41) is 4.31. The highest BCUT2D eigenvalue weighted by Crippen LogP contribution is 2.26. The molecule has 0 spiro atoms. The molecule has 5 heteroatoms. The van der Waals surface area contributed by atoms with Crippen LogP contribution in [0.15, 0.2) is 29.4 Å². The van der Waals surface area contributed by atoms with E-state index in [4.69, 9.17) is 9.47 Å². The Morgan fingerprint density at radius 3 is 2.50 bits per heavy atom. The minimum atomic E-state index is -0.261. The van der Waals surface area contributed by atoms with Crippen molar-refractivity contribution in [1.82, 2.24) is 5.43 Å². The minimum Gasteiger partial charge on any atom is -0.493 e. The van der Waals surface area contributed by atoms with Gasteiger partial charge in [0.1, 0.15) is 0 Å². The zero-order valence-electron chi connectivity index (χ0n) is 13.5. The van der Waals surface area contributed by atoms with E-state index in [2.05, 4.69) is 24.4 Å². The average Bonchev–Trinajstić information content (AvgIpc) is 2.52. The lowest BCUT2D eigenvalue weighted by molar-refractivity contribution is -0.123. The number of nitrogens with zero attached hydrogens (tertiary/aromatic N) is 1. The number of benzene rings is 1. The molecule has 0 radical (unpaired) electrons. The van der Waals surface area contributed by atoms with E-state index in [0.717, 1.165) is 18.6 Å². The summed E-state index contributed by atoms with van der Waals surface area (Å²) in [5.41, 5.74) is 3.68. The van der Waals surface area contributed by atoms with Crippen molar-refractivity contribution in [2.24, 2.45) is 16.9 Å². The number of methoxy groups -OCH3 is 1. The number of ether oxygens (including phenoxy) is 2. The van der Waals surface area contributed by atoms with Crippen LogP contribution in [0.1, 0.15) is 33.1 Å². The molecular formula is C17H24N2O3. The summed E-state index contributed by atoms with van der Waals surface area (Å²) < 4.78 is 10.7. The van der Waals surface area contributed by atoms with Crippen molar-refractivity contribution in [3.8, 4) is 11.5 Å². The van der Waals surface area contributed by atoms with Gasteiger partial charge in [-0.2, -0.15) is 5.10 Å². The summed E-state index contributed by atoms with van der Waals surface area (Å²) in [4.78, 5) is 11.9. The lowest BCUT2D eigenvalue weighted by atomic mass is 9.81. The Kier molecular flexibility index (Phi) is 5.81. The first-order chi connectivity index (χ1) is 10.6. The molecule has 2 rings (SSSR count). The van der Waals surface area contributed by atoms with Gasteiger partial charge >= 0.3 is 0 Å². The minimum absolute atomic E-state index is 0.0834. The second kappa shape index (κ2) is 7.82. The van der Waals surface area contributed by atoms with Crippen LogP contribution < -0.4 is 14.9 Å². The van der Waals surface area contributed by atoms with Crippen LogP contribution in [0, 0.1) is 11.8 Å². The number of para-hydroxylation sites is 2. The van der Waals surface area contributed by atoms with E-state index in [1.807, 2.05) is 12.1 Å². The standard InChI is InChI=1S/C17H24N2O3/c1-12-7-6-8-13(2)17(12)19-18-16(20)11-22-15-10-5-4-9-14(15)21-3/h4-5,9-10,12-13H,6-8,11H2,1-3H3,(H,18,20)/t12-,13+. The van der Waals surface area contributed by atoms with Crippen molar-refractivity contribution in [2.45, 2.75) is 33.1 Å². The van der Waals surface area contributed by atoms with Gasteiger partial charge in [0, 0.05) is 5.71 Å². The first-order valence-corrected chi connectivity index (χ1v) is 7.74. The van der Waals surface area contributed by atoms with Crippen LogP contribution in [0.25, 0.3) is 0 Å². The maximum Gasteiger partial charge on any atom is 0.277 e. The smallest absolute Gasteiger partial charge is 0.277 e. The van der Waals surface area contributed by atoms with E-state index < -0.39 is 0 Å². The second-order valence-corrected chi connectivity index (χ2v) is 5.74. The molecule has 1 amide bonds. The third kappa shape index (κ3) is 4.23. The Morgan fingerprint density at radius 1 is 1.23 bits per heavy atom. The van der Waals surface area contributed by atoms with Gasteiger partial charge in [0.05, 0.1) is 7.11 Å². The van der Waals surface area contributed by atoms with Gasteiger partial charge in [-0.05, 0) is 36.8 Å². The molecule has 1 N–H and O–H groups in total. The number of hydrogen-bond acceptors (Lipinski definition) is 4. The number of hydrazone groups is 1. The highest BCUT2D eigenvalue weighted by molar-refractivity contribution is 5.90. The molecule has 0 unspecified atom stereocenters. The Balaban J connectivity index is 1.88. The van der Waals surface area contributed by atoms with Crippen LogP contribution in [-0.4, -0.2) is 25.3 Å². The molecule has 1 aliphatic carbocycles. The number of carbonyl (C=O) groups is 1. The second-order valence-electron chi connectivity index (χ2n) is 5.74. The molecule has 1 aliphatic rings. The van der Waals surface area contributed by atoms with E-state index in [0.29, 0.717) is 23.3 Å². The zero-order valence-corrected chi connectivity index (χ0v) is 13.5. The first kappa shape index (κ1) is 16.3. The van der Waals surface area contributed by atoms with Crippen LogP contribution in [0.3, 0.4) is 0 Å². The van der Waals surface area contributed by atoms with E-state index in [9.17, 15) is 4.79 Å². The average molecular weight is 304 g/mol. The maximum atomic E-state index is 11.9. The van der Waals surface area contributed by atoms with Gasteiger partial charge in [-0.25, -0.2) is 5.43 Å². The van der Waals surface area contributed by atoms with Gasteiger partial charge in [0.25, 0.3) is 5.91 Å². The van der Waals surface area contributed by atoms with E-state index in [-0.39, 0.29) is 12.5 Å². The molecule has 22 heavy (non-hydrogen) atoms. The van der Waals surface area contributed by atoms with Gasteiger partial charge in [-0.3, -0.25) is 4.79 Å². The van der Waals surface area contributed by atoms with E-state index in [1.54, 1.807) is 19.2 Å². The summed E-state index contributed by atoms with van der Waals surface area (Å²) >= 11 is 0. The van der Waals surface area contributed by atoms with Gasteiger partial charge < -0.3 is 9.47 Å². The van der Waals surface area contributed by atoms with Gasteiger partial charge in [-0.15, -0.1) is 0 Å². The Bertz CT molecular complexity index is 530. The summed E-state index contributed by atoms with van der Waals surface area (Å²) in [6, 6.07) is 7.24. The van der Waals surface area contributed by atoms with Crippen molar-refractivity contribution < 1.29 is 14.3 Å². The Hall–Kier alpha value is -2.04. The molecule has 0 saturated heterocycles. The lowest BCUT2D eigenvalue weighted by Gasteiger charge is -2.26. The van der Waals surface area contributed by atoms with Crippen molar-refractivity contribution in [3.63, 3.8) is 0 Å². The predicted molar refractivity (Wildman–Crippen MR) is 86.2 cm³/mol. The molecule has 0 heterocycles. The van der Waals surface area contributed by atoms with Gasteiger partial charge in [0.15, 0.2) is 18.1 Å². The quantitative estimate of drug-likeness (QED) is 0.851. The van der Waals surface area contributed by atoms with Crippen LogP contribution in [-0.2, 0) is 4.79 Å². The molecule has 0 bridgehead atoms. The summed E-state index contributed by atoms with van der Waals surface area (Å²) in [5.74, 6) is 1.75. The van der Waals surface area contributed by atoms with E-state index in [1.165, 1.54) is 6.42 Å². The topological polar surface area (TPSA) is 59.9 Å². The molecule has 0 aromatic heterocycles. The monoisotopic (exact) mass is 304 g/mol. The molecule has 2 atom stereocenters. The Labute approximate surface area is 131 Å². The lowest BCUT2D eigenvalue weighted by Crippen LogP contribution is -2.31. The normalized spacial score (nSPS) is 23.1. The van der Waals surface area contributed by atoms with Crippen LogP contribution in [0.5, 0.6) is 11.5 Å². The van der Waals surface area contributed by atoms with Crippen molar-refractivity contribution in [3.05, 3.63) is 24.3 Å². The van der Waals surface area contributed by atoms with Crippen LogP contribution in [0.4, 0.5) is 0 Å². The van der Waals surface area contributed by atoms with Crippen LogP contribution >= 0.6 is 0 Å². The number of hydrogen-bond donors (Lipinski definition) is 1. The molecule has 0 aliphatic heterocycles. The van der Waals surface area contributed by atoms with Gasteiger partial charge in [-0.1, -0.05) is 32.4 Å². The third-order valence-corrected chi connectivity index (χ3v) is 4.02. The van der Waals surface area contributed by atoms with Crippen molar-refractivity contribution in [1.29, 1.82) is 0 Å². The highest BCUT2D eigenvalue weighted by Gasteiger charge is 2.23. The number of amides is 1. The molecule has 1 aromatic rings. The molecular weight excluding hydrogens is 280 g/mol. The Morgan fingerprint density at radius 2 is 1.86 bits per heavy atom. The van der Waals surface area contributed by atoms with Crippen molar-refractivity contribution >= 4 is 11.6 Å². The van der Waals surface area contributed by atoms with Crippen LogP contribution in [0.2, 0.25) is 0 Å². The van der Waals surface area contributed by atoms with Gasteiger partial charge in [0.2, 0.25) is 0 Å². The molecule has 1 fully saturated rings. The molecule has 1 saturated carbocycles. The SMILES string of the molecule is COc1ccccc1OCC(=O)NN=C1[C@H](C)CCC[C@@H]1C. The summed E-state index contributed by atoms with van der Waals surface area (Å²) in [6.07, 6.45) is 3.50. The van der Waals surface area contributed by atoms with Crippen molar-refractivity contribution in [2.75, 3.05) is 13.7 Å². The fraction of sp³-hybridized carbons (Fsp3) is 0.529. The molecule has 1 aromatic carbocycles. The number of rotatable bonds is 5. The zero-order chi connectivity index (χ0) is 15.9. The number of nitrogens with one attached hydrogen (secondary N) is 1. The highest BCUT2D eigenvalue weighted by atomic mass is 16.5. The summed E-state index contributed by atoms with van der Waals surface area (Å²) in [6.45, 7) is 4.23. The largest absolute Gasteiger partial charge is 0.493 e. The maximum absolute atomic E-state index is 11.9. The predicted octanol–water partition coefficient (Wildman–Crippen LogP) is 3.00. The molecule has 5 nitrogen and oxygen atoms in total. The summed E-state index contributed by atoms with van der Waals surface area (Å²) in [7, 11) is 1.57. The third-order valence-electron chi connectivity index (χ3n) is 4.02. The number of carbonyl (C=O) groups excluding carboxylic acids is 1. The fourth-order valence-corrected chi connectivity index (χ4v) is 2.77. The molecule has 120 valence electrons. The first-order valence-electron chi connectivity index (χ1n) is 7.74. The fourth-order valence-electron chi connectivity index (χ4n) is 2.77. The van der Waals surface area contributed by atoms with E-state index >= 15 is 0 Å².